The third-order valence-electron chi connectivity index (χ3n) is 3.27. The van der Waals surface area contributed by atoms with Crippen LogP contribution in [-0.2, 0) is 11.3 Å². The number of carbonyl (C=O) groups excluding carboxylic acids is 1. The second-order valence-corrected chi connectivity index (χ2v) is 5.15. The summed E-state index contributed by atoms with van der Waals surface area (Å²) in [6, 6.07) is 15.4. The van der Waals surface area contributed by atoms with Gasteiger partial charge in [0.05, 0.1) is 18.5 Å². The van der Waals surface area contributed by atoms with Crippen molar-refractivity contribution in [3.05, 3.63) is 77.9 Å². The Morgan fingerprint density at radius 1 is 1.26 bits per heavy atom. The Morgan fingerprint density at radius 2 is 2.09 bits per heavy atom. The van der Waals surface area contributed by atoms with Crippen molar-refractivity contribution in [3.8, 4) is 0 Å². The number of furan rings is 1. The molecule has 0 atom stereocenters. The van der Waals surface area contributed by atoms with E-state index in [9.17, 15) is 4.79 Å². The first kappa shape index (κ1) is 14.8. The maximum atomic E-state index is 12.0. The van der Waals surface area contributed by atoms with Gasteiger partial charge in [-0.3, -0.25) is 4.79 Å². The predicted octanol–water partition coefficient (Wildman–Crippen LogP) is 3.48. The van der Waals surface area contributed by atoms with Gasteiger partial charge in [0.25, 0.3) is 0 Å². The summed E-state index contributed by atoms with van der Waals surface area (Å²) in [6.07, 6.45) is 4.63. The number of aromatic nitrogens is 2. The molecule has 5 heteroatoms. The number of hydrogen-bond donors (Lipinski definition) is 1. The number of amides is 1. The van der Waals surface area contributed by atoms with Crippen LogP contribution in [0.2, 0.25) is 0 Å². The summed E-state index contributed by atoms with van der Waals surface area (Å²) in [5, 5.41) is 7.28. The second-order valence-electron chi connectivity index (χ2n) is 5.15. The molecular formula is C18H17N3O2. The summed E-state index contributed by atoms with van der Waals surface area (Å²) in [5.41, 5.74) is 1.98. The van der Waals surface area contributed by atoms with Crippen molar-refractivity contribution in [3.63, 3.8) is 0 Å². The van der Waals surface area contributed by atoms with Crippen LogP contribution in [0.1, 0.15) is 17.0 Å². The van der Waals surface area contributed by atoms with Gasteiger partial charge in [0.2, 0.25) is 5.91 Å². The number of carbonyl (C=O) groups is 1. The molecule has 23 heavy (non-hydrogen) atoms. The van der Waals surface area contributed by atoms with E-state index in [4.69, 9.17) is 4.42 Å². The Kier molecular flexibility index (Phi) is 4.38. The molecule has 0 aliphatic carbocycles. The van der Waals surface area contributed by atoms with Gasteiger partial charge >= 0.3 is 0 Å². The van der Waals surface area contributed by atoms with Gasteiger partial charge in [-0.15, -0.1) is 0 Å². The molecule has 0 bridgehead atoms. The number of benzene rings is 1. The first-order chi connectivity index (χ1) is 11.2. The number of aryl methyl sites for hydroxylation is 1. The molecule has 1 N–H and O–H groups in total. The SMILES string of the molecule is Cc1cc(NC(=O)C=Cc2ccco2)n(Cc2ccccc2)n1. The van der Waals surface area contributed by atoms with Gasteiger partial charge in [-0.1, -0.05) is 30.3 Å². The van der Waals surface area contributed by atoms with Crippen LogP contribution in [0.3, 0.4) is 0 Å². The summed E-state index contributed by atoms with van der Waals surface area (Å²) in [7, 11) is 0. The van der Waals surface area contributed by atoms with Crippen LogP contribution in [0.4, 0.5) is 5.82 Å². The molecule has 0 saturated heterocycles. The lowest BCUT2D eigenvalue weighted by Gasteiger charge is -2.07. The van der Waals surface area contributed by atoms with Gasteiger partial charge in [-0.2, -0.15) is 5.10 Å². The molecule has 0 spiro atoms. The summed E-state index contributed by atoms with van der Waals surface area (Å²) in [4.78, 5) is 12.0. The van der Waals surface area contributed by atoms with Crippen LogP contribution in [-0.4, -0.2) is 15.7 Å². The minimum atomic E-state index is -0.226. The van der Waals surface area contributed by atoms with Crippen molar-refractivity contribution in [2.45, 2.75) is 13.5 Å². The maximum absolute atomic E-state index is 12.0. The smallest absolute Gasteiger partial charge is 0.249 e. The Bertz CT molecular complexity index is 802. The monoisotopic (exact) mass is 307 g/mol. The van der Waals surface area contributed by atoms with Crippen LogP contribution in [0, 0.1) is 6.92 Å². The second kappa shape index (κ2) is 6.79. The maximum Gasteiger partial charge on any atom is 0.249 e. The molecule has 1 amide bonds. The predicted molar refractivity (Wildman–Crippen MR) is 88.9 cm³/mol. The fraction of sp³-hybridized carbons (Fsp3) is 0.111. The zero-order chi connectivity index (χ0) is 16.1. The van der Waals surface area contributed by atoms with Crippen LogP contribution in [0.5, 0.6) is 0 Å². The molecule has 0 aliphatic heterocycles. The standard InChI is InChI=1S/C18H17N3O2/c1-14-12-17(19-18(22)10-9-16-8-5-11-23-16)21(20-14)13-15-6-3-2-4-7-15/h2-12H,13H2,1H3,(H,19,22). The minimum Gasteiger partial charge on any atom is -0.465 e. The van der Waals surface area contributed by atoms with E-state index in [0.717, 1.165) is 11.3 Å². The number of nitrogens with zero attached hydrogens (tertiary/aromatic N) is 2. The summed E-state index contributed by atoms with van der Waals surface area (Å²) in [6.45, 7) is 2.50. The topological polar surface area (TPSA) is 60.1 Å². The van der Waals surface area contributed by atoms with E-state index in [2.05, 4.69) is 10.4 Å². The molecule has 1 aromatic carbocycles. The molecule has 0 aliphatic rings. The number of hydrogen-bond acceptors (Lipinski definition) is 3. The third-order valence-corrected chi connectivity index (χ3v) is 3.27. The van der Waals surface area contributed by atoms with Crippen molar-refractivity contribution in [1.29, 1.82) is 0 Å². The highest BCUT2D eigenvalue weighted by Crippen LogP contribution is 2.13. The van der Waals surface area contributed by atoms with E-state index in [1.807, 2.05) is 43.3 Å². The summed E-state index contributed by atoms with van der Waals surface area (Å²) >= 11 is 0. The zero-order valence-corrected chi connectivity index (χ0v) is 12.8. The molecule has 3 aromatic rings. The van der Waals surface area contributed by atoms with Gasteiger partial charge in [-0.05, 0) is 30.7 Å². The van der Waals surface area contributed by atoms with Crippen LogP contribution >= 0.6 is 0 Å². The van der Waals surface area contributed by atoms with Crippen LogP contribution in [0.15, 0.2) is 65.3 Å². The Labute approximate surface area is 134 Å². The number of anilines is 1. The Hall–Kier alpha value is -3.08. The fourth-order valence-electron chi connectivity index (χ4n) is 2.23. The number of rotatable bonds is 5. The van der Waals surface area contributed by atoms with E-state index in [1.54, 1.807) is 29.2 Å². The van der Waals surface area contributed by atoms with E-state index in [1.165, 1.54) is 6.08 Å². The first-order valence-electron chi connectivity index (χ1n) is 7.32. The van der Waals surface area contributed by atoms with E-state index in [-0.39, 0.29) is 5.91 Å². The van der Waals surface area contributed by atoms with Crippen LogP contribution < -0.4 is 5.32 Å². The van der Waals surface area contributed by atoms with Crippen molar-refractivity contribution in [2.24, 2.45) is 0 Å². The summed E-state index contributed by atoms with van der Waals surface area (Å²) in [5.74, 6) is 1.07. The van der Waals surface area contributed by atoms with Crippen molar-refractivity contribution in [1.82, 2.24) is 9.78 Å². The molecule has 2 heterocycles. The highest BCUT2D eigenvalue weighted by atomic mass is 16.3. The molecule has 0 unspecified atom stereocenters. The molecule has 0 fully saturated rings. The molecule has 5 nitrogen and oxygen atoms in total. The quantitative estimate of drug-likeness (QED) is 0.734. The van der Waals surface area contributed by atoms with Crippen molar-refractivity contribution < 1.29 is 9.21 Å². The van der Waals surface area contributed by atoms with Gasteiger partial charge in [-0.25, -0.2) is 4.68 Å². The van der Waals surface area contributed by atoms with Crippen molar-refractivity contribution in [2.75, 3.05) is 5.32 Å². The number of nitrogens with one attached hydrogen (secondary N) is 1. The normalized spacial score (nSPS) is 11.0. The Morgan fingerprint density at radius 3 is 2.83 bits per heavy atom. The van der Waals surface area contributed by atoms with E-state index < -0.39 is 0 Å². The lowest BCUT2D eigenvalue weighted by Crippen LogP contribution is -2.13. The van der Waals surface area contributed by atoms with E-state index >= 15 is 0 Å². The van der Waals surface area contributed by atoms with Gasteiger partial charge in [0, 0.05) is 12.1 Å². The van der Waals surface area contributed by atoms with Gasteiger partial charge in [0.15, 0.2) is 0 Å². The lowest BCUT2D eigenvalue weighted by atomic mass is 10.2. The molecule has 116 valence electrons. The zero-order valence-electron chi connectivity index (χ0n) is 12.8. The average Bonchev–Trinajstić information content (AvgIpc) is 3.17. The van der Waals surface area contributed by atoms with E-state index in [0.29, 0.717) is 18.1 Å². The molecular weight excluding hydrogens is 290 g/mol. The summed E-state index contributed by atoms with van der Waals surface area (Å²) < 4.78 is 6.94. The van der Waals surface area contributed by atoms with Crippen molar-refractivity contribution >= 4 is 17.8 Å². The highest BCUT2D eigenvalue weighted by Gasteiger charge is 2.08. The fourth-order valence-corrected chi connectivity index (χ4v) is 2.23. The molecule has 0 saturated carbocycles. The van der Waals surface area contributed by atoms with Gasteiger partial charge < -0.3 is 9.73 Å². The molecule has 3 rings (SSSR count). The molecule has 2 aromatic heterocycles. The average molecular weight is 307 g/mol. The van der Waals surface area contributed by atoms with Gasteiger partial charge in [0.1, 0.15) is 11.6 Å². The molecule has 0 radical (unpaired) electrons. The van der Waals surface area contributed by atoms with Crippen LogP contribution in [0.25, 0.3) is 6.08 Å². The lowest BCUT2D eigenvalue weighted by molar-refractivity contribution is -0.111. The Balaban J connectivity index is 1.71. The first-order valence-corrected chi connectivity index (χ1v) is 7.32. The largest absolute Gasteiger partial charge is 0.465 e. The minimum absolute atomic E-state index is 0.226. The third kappa shape index (κ3) is 3.97. The highest BCUT2D eigenvalue weighted by molar-refractivity contribution is 6.01.